The molecule has 1 heterocycles. The minimum atomic E-state index is -1.23. The van der Waals surface area contributed by atoms with Crippen molar-refractivity contribution in [2.45, 2.75) is 18.9 Å². The first-order valence-corrected chi connectivity index (χ1v) is 5.68. The number of rotatable bonds is 3. The second kappa shape index (κ2) is 5.05. The fourth-order valence-electron chi connectivity index (χ4n) is 1.92. The second-order valence-corrected chi connectivity index (χ2v) is 4.18. The zero-order valence-corrected chi connectivity index (χ0v) is 9.64. The minimum absolute atomic E-state index is 0.186. The van der Waals surface area contributed by atoms with E-state index in [0.717, 1.165) is 19.4 Å². The van der Waals surface area contributed by atoms with E-state index in [4.69, 9.17) is 5.11 Å². The van der Waals surface area contributed by atoms with Gasteiger partial charge in [-0.15, -0.1) is 0 Å². The maximum atomic E-state index is 11.8. The highest BCUT2D eigenvalue weighted by molar-refractivity contribution is 5.97. The molecule has 1 atom stereocenters. The first kappa shape index (κ1) is 12.4. The number of amides is 1. The summed E-state index contributed by atoms with van der Waals surface area (Å²) in [7, 11) is 0. The van der Waals surface area contributed by atoms with E-state index in [1.165, 1.54) is 18.2 Å². The summed E-state index contributed by atoms with van der Waals surface area (Å²) in [6.45, 7) is 0.814. The van der Waals surface area contributed by atoms with Crippen LogP contribution in [0.3, 0.4) is 0 Å². The molecule has 18 heavy (non-hydrogen) atoms. The molecular weight excluding hydrogens is 236 g/mol. The van der Waals surface area contributed by atoms with Crippen LogP contribution in [0.2, 0.25) is 0 Å². The molecule has 0 bridgehead atoms. The normalized spacial score (nSPS) is 18.6. The van der Waals surface area contributed by atoms with Crippen LogP contribution in [-0.4, -0.2) is 34.7 Å². The fraction of sp³-hybridized carbons (Fsp3) is 0.333. The average molecular weight is 250 g/mol. The minimum Gasteiger partial charge on any atom is -0.507 e. The van der Waals surface area contributed by atoms with Crippen molar-refractivity contribution < 1.29 is 19.8 Å². The number of carbonyl (C=O) groups is 2. The number of aromatic carboxylic acids is 1. The van der Waals surface area contributed by atoms with Crippen LogP contribution in [0, 0.1) is 0 Å². The van der Waals surface area contributed by atoms with Crippen molar-refractivity contribution in [1.29, 1.82) is 0 Å². The molecule has 0 radical (unpaired) electrons. The summed E-state index contributed by atoms with van der Waals surface area (Å²) in [5.41, 5.74) is 0.135. The molecule has 1 saturated heterocycles. The van der Waals surface area contributed by atoms with Crippen LogP contribution >= 0.6 is 0 Å². The SMILES string of the molecule is O=C(O)c1cc(NC(=O)[C@H]2CCCN2)ccc1O. The van der Waals surface area contributed by atoms with Crippen molar-refractivity contribution >= 4 is 17.6 Å². The predicted octanol–water partition coefficient (Wildman–Crippen LogP) is 0.781. The zero-order valence-electron chi connectivity index (χ0n) is 9.64. The molecule has 96 valence electrons. The number of phenols is 1. The maximum Gasteiger partial charge on any atom is 0.339 e. The molecule has 0 aromatic heterocycles. The van der Waals surface area contributed by atoms with Gasteiger partial charge in [-0.25, -0.2) is 4.79 Å². The van der Waals surface area contributed by atoms with Gasteiger partial charge in [0.2, 0.25) is 5.91 Å². The Kier molecular flexibility index (Phi) is 3.47. The Labute approximate surface area is 104 Å². The molecule has 6 heteroatoms. The molecule has 0 unspecified atom stereocenters. The first-order valence-electron chi connectivity index (χ1n) is 5.68. The Balaban J connectivity index is 2.11. The van der Waals surface area contributed by atoms with Gasteiger partial charge in [0.15, 0.2) is 0 Å². The van der Waals surface area contributed by atoms with Crippen LogP contribution in [0.4, 0.5) is 5.69 Å². The molecular formula is C12H14N2O4. The summed E-state index contributed by atoms with van der Waals surface area (Å²) < 4.78 is 0. The Bertz CT molecular complexity index is 481. The number of hydrogen-bond donors (Lipinski definition) is 4. The molecule has 0 saturated carbocycles. The summed E-state index contributed by atoms with van der Waals surface area (Å²) in [4.78, 5) is 22.6. The quantitative estimate of drug-likeness (QED) is 0.594. The third-order valence-corrected chi connectivity index (χ3v) is 2.87. The van der Waals surface area contributed by atoms with Crippen LogP contribution in [0.15, 0.2) is 18.2 Å². The topological polar surface area (TPSA) is 98.7 Å². The van der Waals surface area contributed by atoms with Gasteiger partial charge in [-0.1, -0.05) is 0 Å². The number of nitrogens with one attached hydrogen (secondary N) is 2. The number of carboxylic acid groups (broad SMARTS) is 1. The van der Waals surface area contributed by atoms with Crippen LogP contribution < -0.4 is 10.6 Å². The molecule has 1 amide bonds. The molecule has 1 aliphatic heterocycles. The van der Waals surface area contributed by atoms with E-state index in [-0.39, 0.29) is 23.3 Å². The highest BCUT2D eigenvalue weighted by Gasteiger charge is 2.22. The Morgan fingerprint density at radius 2 is 2.17 bits per heavy atom. The largest absolute Gasteiger partial charge is 0.507 e. The summed E-state index contributed by atoms with van der Waals surface area (Å²) in [5, 5.41) is 23.9. The van der Waals surface area contributed by atoms with Crippen LogP contribution in [0.1, 0.15) is 23.2 Å². The first-order chi connectivity index (χ1) is 8.58. The Hall–Kier alpha value is -2.08. The lowest BCUT2D eigenvalue weighted by molar-refractivity contribution is -0.117. The van der Waals surface area contributed by atoms with Crippen molar-refractivity contribution in [3.63, 3.8) is 0 Å². The van der Waals surface area contributed by atoms with E-state index < -0.39 is 5.97 Å². The van der Waals surface area contributed by atoms with Crippen molar-refractivity contribution in [2.75, 3.05) is 11.9 Å². The maximum absolute atomic E-state index is 11.8. The standard InChI is InChI=1S/C12H14N2O4/c15-10-4-3-7(6-8(10)12(17)18)14-11(16)9-2-1-5-13-9/h3-4,6,9,13,15H,1-2,5H2,(H,14,16)(H,17,18)/t9-/m1/s1. The highest BCUT2D eigenvalue weighted by atomic mass is 16.4. The third-order valence-electron chi connectivity index (χ3n) is 2.87. The molecule has 0 aliphatic carbocycles. The summed E-state index contributed by atoms with van der Waals surface area (Å²) >= 11 is 0. The Morgan fingerprint density at radius 1 is 1.39 bits per heavy atom. The number of aromatic hydroxyl groups is 1. The number of carbonyl (C=O) groups excluding carboxylic acids is 1. The van der Waals surface area contributed by atoms with Gasteiger partial charge < -0.3 is 20.8 Å². The van der Waals surface area contributed by atoms with Crippen molar-refractivity contribution in [1.82, 2.24) is 5.32 Å². The lowest BCUT2D eigenvalue weighted by atomic mass is 10.1. The fourth-order valence-corrected chi connectivity index (χ4v) is 1.92. The molecule has 1 aliphatic rings. The summed E-state index contributed by atoms with van der Waals surface area (Å²) in [6, 6.07) is 3.73. The van der Waals surface area contributed by atoms with Gasteiger partial charge in [-0.2, -0.15) is 0 Å². The predicted molar refractivity (Wildman–Crippen MR) is 64.7 cm³/mol. The van der Waals surface area contributed by atoms with E-state index in [1.54, 1.807) is 0 Å². The van der Waals surface area contributed by atoms with Crippen LogP contribution in [-0.2, 0) is 4.79 Å². The average Bonchev–Trinajstić information content (AvgIpc) is 2.85. The molecule has 1 aromatic rings. The van der Waals surface area contributed by atoms with Gasteiger partial charge in [-0.3, -0.25) is 4.79 Å². The van der Waals surface area contributed by atoms with Gasteiger partial charge in [-0.05, 0) is 37.6 Å². The molecule has 1 aromatic carbocycles. The molecule has 1 fully saturated rings. The van der Waals surface area contributed by atoms with Crippen molar-refractivity contribution in [2.24, 2.45) is 0 Å². The van der Waals surface area contributed by atoms with E-state index in [9.17, 15) is 14.7 Å². The van der Waals surface area contributed by atoms with Gasteiger partial charge in [0.05, 0.1) is 6.04 Å². The van der Waals surface area contributed by atoms with E-state index in [1.807, 2.05) is 0 Å². The number of benzene rings is 1. The number of carboxylic acids is 1. The van der Waals surface area contributed by atoms with Gasteiger partial charge >= 0.3 is 5.97 Å². The molecule has 6 nitrogen and oxygen atoms in total. The molecule has 2 rings (SSSR count). The van der Waals surface area contributed by atoms with E-state index >= 15 is 0 Å². The zero-order chi connectivity index (χ0) is 13.1. The highest BCUT2D eigenvalue weighted by Crippen LogP contribution is 2.21. The number of hydrogen-bond acceptors (Lipinski definition) is 4. The van der Waals surface area contributed by atoms with Crippen molar-refractivity contribution in [3.05, 3.63) is 23.8 Å². The molecule has 4 N–H and O–H groups in total. The summed E-state index contributed by atoms with van der Waals surface area (Å²) in [6.07, 6.45) is 1.73. The lowest BCUT2D eigenvalue weighted by Crippen LogP contribution is -2.35. The lowest BCUT2D eigenvalue weighted by Gasteiger charge is -2.11. The van der Waals surface area contributed by atoms with Gasteiger partial charge in [0.25, 0.3) is 0 Å². The monoisotopic (exact) mass is 250 g/mol. The second-order valence-electron chi connectivity index (χ2n) is 4.18. The van der Waals surface area contributed by atoms with E-state index in [0.29, 0.717) is 5.69 Å². The smallest absolute Gasteiger partial charge is 0.339 e. The molecule has 0 spiro atoms. The van der Waals surface area contributed by atoms with Crippen LogP contribution in [0.25, 0.3) is 0 Å². The van der Waals surface area contributed by atoms with Gasteiger partial charge in [0, 0.05) is 5.69 Å². The Morgan fingerprint density at radius 3 is 2.78 bits per heavy atom. The van der Waals surface area contributed by atoms with Crippen LogP contribution in [0.5, 0.6) is 5.75 Å². The summed E-state index contributed by atoms with van der Waals surface area (Å²) in [5.74, 6) is -1.74. The third kappa shape index (κ3) is 2.60. The van der Waals surface area contributed by atoms with Gasteiger partial charge in [0.1, 0.15) is 11.3 Å². The number of anilines is 1. The van der Waals surface area contributed by atoms with E-state index in [2.05, 4.69) is 10.6 Å². The van der Waals surface area contributed by atoms with Crippen molar-refractivity contribution in [3.8, 4) is 5.75 Å².